The fraction of sp³-hybridized carbons (Fsp3) is 0.857. The first-order chi connectivity index (χ1) is 4.57. The quantitative estimate of drug-likeness (QED) is 0.594. The Kier molecular flexibility index (Phi) is 4.03. The van der Waals surface area contributed by atoms with Crippen molar-refractivity contribution in [3.8, 4) is 0 Å². The summed E-state index contributed by atoms with van der Waals surface area (Å²) in [4.78, 5) is 10.8. The number of hydrogen-bond donors (Lipinski definition) is 1. The van der Waals surface area contributed by atoms with Crippen LogP contribution in [-0.2, 0) is 9.53 Å². The van der Waals surface area contributed by atoms with E-state index in [0.717, 1.165) is 6.42 Å². The van der Waals surface area contributed by atoms with Crippen molar-refractivity contribution in [1.82, 2.24) is 0 Å². The highest BCUT2D eigenvalue weighted by atomic mass is 16.5. The molecule has 2 N–H and O–H groups in total. The number of ether oxygens (including phenoxy) is 1. The maximum absolute atomic E-state index is 10.8. The summed E-state index contributed by atoms with van der Waals surface area (Å²) in [5, 5.41) is 0. The van der Waals surface area contributed by atoms with E-state index in [4.69, 9.17) is 10.5 Å². The summed E-state index contributed by atoms with van der Waals surface area (Å²) >= 11 is 0. The van der Waals surface area contributed by atoms with Crippen molar-refractivity contribution in [2.24, 2.45) is 5.73 Å². The predicted octanol–water partition coefficient (Wildman–Crippen LogP) is 0.675. The average Bonchev–Trinajstić information content (AvgIpc) is 1.87. The molecule has 0 aliphatic heterocycles. The van der Waals surface area contributed by atoms with Crippen LogP contribution in [0.3, 0.4) is 0 Å². The molecule has 0 saturated carbocycles. The number of nitrogens with two attached hydrogens (primary N) is 1. The number of carbonyl (C=O) groups excluding carboxylic acids is 1. The van der Waals surface area contributed by atoms with E-state index in [-0.39, 0.29) is 12.1 Å². The van der Waals surface area contributed by atoms with Crippen molar-refractivity contribution in [2.45, 2.75) is 39.3 Å². The van der Waals surface area contributed by atoms with Gasteiger partial charge in [0.1, 0.15) is 6.04 Å². The monoisotopic (exact) mass is 145 g/mol. The minimum Gasteiger partial charge on any atom is -0.462 e. The third-order valence-electron chi connectivity index (χ3n) is 1.26. The van der Waals surface area contributed by atoms with Gasteiger partial charge in [0.25, 0.3) is 0 Å². The Labute approximate surface area is 61.5 Å². The largest absolute Gasteiger partial charge is 0.462 e. The van der Waals surface area contributed by atoms with Crippen molar-refractivity contribution < 1.29 is 9.53 Å². The van der Waals surface area contributed by atoms with Crippen LogP contribution in [0.15, 0.2) is 0 Å². The highest BCUT2D eigenvalue weighted by Crippen LogP contribution is 1.97. The van der Waals surface area contributed by atoms with Crippen LogP contribution in [0, 0.1) is 0 Å². The van der Waals surface area contributed by atoms with Crippen LogP contribution in [0.25, 0.3) is 0 Å². The van der Waals surface area contributed by atoms with Crippen molar-refractivity contribution >= 4 is 5.97 Å². The van der Waals surface area contributed by atoms with Gasteiger partial charge in [-0.15, -0.1) is 0 Å². The fourth-order valence-electron chi connectivity index (χ4n) is 0.389. The second-order valence-electron chi connectivity index (χ2n) is 2.44. The predicted molar refractivity (Wildman–Crippen MR) is 39.5 cm³/mol. The van der Waals surface area contributed by atoms with Crippen molar-refractivity contribution in [2.75, 3.05) is 0 Å². The Morgan fingerprint density at radius 2 is 2.10 bits per heavy atom. The molecule has 2 atom stereocenters. The Hall–Kier alpha value is -0.570. The summed E-state index contributed by atoms with van der Waals surface area (Å²) in [5.74, 6) is -0.325. The van der Waals surface area contributed by atoms with Gasteiger partial charge in [0.15, 0.2) is 0 Å². The standard InChI is InChI=1S/C7H15NO2/c1-4-5(2)10-7(9)6(3)8/h5-6H,4,8H2,1-3H3/t5-,6?/m1/s1. The molecule has 0 aromatic carbocycles. The van der Waals surface area contributed by atoms with E-state index in [1.165, 1.54) is 0 Å². The fourth-order valence-corrected chi connectivity index (χ4v) is 0.389. The molecule has 10 heavy (non-hydrogen) atoms. The van der Waals surface area contributed by atoms with Gasteiger partial charge in [-0.3, -0.25) is 4.79 Å². The van der Waals surface area contributed by atoms with E-state index in [0.29, 0.717) is 0 Å². The highest BCUT2D eigenvalue weighted by molar-refractivity contribution is 5.75. The Balaban J connectivity index is 3.57. The second-order valence-corrected chi connectivity index (χ2v) is 2.44. The van der Waals surface area contributed by atoms with Crippen LogP contribution < -0.4 is 5.73 Å². The topological polar surface area (TPSA) is 52.3 Å². The van der Waals surface area contributed by atoms with Gasteiger partial charge in [-0.05, 0) is 20.3 Å². The molecule has 0 amide bonds. The molecule has 0 bridgehead atoms. The number of hydrogen-bond acceptors (Lipinski definition) is 3. The van der Waals surface area contributed by atoms with Crippen molar-refractivity contribution in [3.63, 3.8) is 0 Å². The van der Waals surface area contributed by atoms with Gasteiger partial charge in [0.05, 0.1) is 6.10 Å². The molecule has 60 valence electrons. The highest BCUT2D eigenvalue weighted by Gasteiger charge is 2.11. The minimum absolute atomic E-state index is 0.0153. The van der Waals surface area contributed by atoms with Crippen LogP contribution in [0.5, 0.6) is 0 Å². The molecule has 1 unspecified atom stereocenters. The lowest BCUT2D eigenvalue weighted by Crippen LogP contribution is -2.31. The van der Waals surface area contributed by atoms with Crippen LogP contribution in [0.2, 0.25) is 0 Å². The Morgan fingerprint density at radius 3 is 2.40 bits per heavy atom. The molecule has 0 fully saturated rings. The minimum atomic E-state index is -0.506. The first-order valence-electron chi connectivity index (χ1n) is 3.54. The summed E-state index contributed by atoms with van der Waals surface area (Å²) in [6.07, 6.45) is 0.817. The number of carbonyl (C=O) groups is 1. The lowest BCUT2D eigenvalue weighted by molar-refractivity contribution is -0.149. The Morgan fingerprint density at radius 1 is 1.60 bits per heavy atom. The van der Waals surface area contributed by atoms with Gasteiger partial charge >= 0.3 is 5.97 Å². The molecular formula is C7H15NO2. The van der Waals surface area contributed by atoms with Gasteiger partial charge in [-0.25, -0.2) is 0 Å². The molecular weight excluding hydrogens is 130 g/mol. The number of rotatable bonds is 3. The van der Waals surface area contributed by atoms with E-state index < -0.39 is 6.04 Å². The molecule has 0 aromatic rings. The van der Waals surface area contributed by atoms with Gasteiger partial charge < -0.3 is 10.5 Å². The van der Waals surface area contributed by atoms with E-state index in [2.05, 4.69) is 0 Å². The molecule has 0 spiro atoms. The summed E-state index contributed by atoms with van der Waals surface area (Å²) in [6, 6.07) is -0.506. The smallest absolute Gasteiger partial charge is 0.322 e. The normalized spacial score (nSPS) is 16.0. The molecule has 0 aliphatic rings. The van der Waals surface area contributed by atoms with Crippen LogP contribution in [-0.4, -0.2) is 18.1 Å². The first-order valence-corrected chi connectivity index (χ1v) is 3.54. The van der Waals surface area contributed by atoms with Crippen LogP contribution in [0.4, 0.5) is 0 Å². The summed E-state index contributed by atoms with van der Waals surface area (Å²) in [7, 11) is 0. The number of esters is 1. The maximum atomic E-state index is 10.8. The second kappa shape index (κ2) is 4.28. The van der Waals surface area contributed by atoms with Crippen molar-refractivity contribution in [3.05, 3.63) is 0 Å². The molecule has 3 heteroatoms. The van der Waals surface area contributed by atoms with Crippen LogP contribution in [0.1, 0.15) is 27.2 Å². The molecule has 0 rings (SSSR count). The SMILES string of the molecule is CC[C@@H](C)OC(=O)C(C)N. The molecule has 0 heterocycles. The van der Waals surface area contributed by atoms with Gasteiger partial charge in [0.2, 0.25) is 0 Å². The molecule has 0 aliphatic carbocycles. The van der Waals surface area contributed by atoms with Gasteiger partial charge in [-0.1, -0.05) is 6.92 Å². The average molecular weight is 145 g/mol. The molecule has 0 aromatic heterocycles. The van der Waals surface area contributed by atoms with E-state index in [1.807, 2.05) is 13.8 Å². The van der Waals surface area contributed by atoms with Gasteiger partial charge in [-0.2, -0.15) is 0 Å². The van der Waals surface area contributed by atoms with E-state index in [1.54, 1.807) is 6.92 Å². The third kappa shape index (κ3) is 3.45. The van der Waals surface area contributed by atoms with E-state index in [9.17, 15) is 4.79 Å². The maximum Gasteiger partial charge on any atom is 0.322 e. The summed E-state index contributed by atoms with van der Waals surface area (Å²) < 4.78 is 4.90. The lowest BCUT2D eigenvalue weighted by atomic mass is 10.3. The third-order valence-corrected chi connectivity index (χ3v) is 1.26. The zero-order valence-electron chi connectivity index (χ0n) is 6.76. The molecule has 3 nitrogen and oxygen atoms in total. The van der Waals surface area contributed by atoms with E-state index >= 15 is 0 Å². The summed E-state index contributed by atoms with van der Waals surface area (Å²) in [6.45, 7) is 5.42. The zero-order valence-corrected chi connectivity index (χ0v) is 6.76. The van der Waals surface area contributed by atoms with Gasteiger partial charge in [0, 0.05) is 0 Å². The van der Waals surface area contributed by atoms with Crippen molar-refractivity contribution in [1.29, 1.82) is 0 Å². The molecule has 0 radical (unpaired) electrons. The summed E-state index contributed by atoms with van der Waals surface area (Å²) in [5.41, 5.74) is 5.26. The lowest BCUT2D eigenvalue weighted by Gasteiger charge is -2.11. The Bertz CT molecular complexity index is 112. The van der Waals surface area contributed by atoms with Crippen LogP contribution >= 0.6 is 0 Å². The first kappa shape index (κ1) is 9.43. The molecule has 0 saturated heterocycles. The zero-order chi connectivity index (χ0) is 8.15.